The molecule has 0 radical (unpaired) electrons. The smallest absolute Gasteiger partial charge is 0.322 e. The van der Waals surface area contributed by atoms with Crippen LogP contribution in [-0.4, -0.2) is 71.7 Å². The highest BCUT2D eigenvalue weighted by molar-refractivity contribution is 7.80. The Hall–Kier alpha value is -3.12. The highest BCUT2D eigenvalue weighted by atomic mass is 32.1. The Kier molecular flexibility index (Phi) is 12.7. The van der Waals surface area contributed by atoms with Crippen LogP contribution in [0, 0.1) is 5.92 Å². The number of hydrogen-bond donors (Lipinski definition) is 7. The lowest BCUT2D eigenvalue weighted by molar-refractivity contribution is -0.138. The van der Waals surface area contributed by atoms with Crippen molar-refractivity contribution in [2.45, 2.75) is 44.8 Å². The van der Waals surface area contributed by atoms with Gasteiger partial charge in [-0.1, -0.05) is 44.2 Å². The summed E-state index contributed by atoms with van der Waals surface area (Å²) in [5.41, 5.74) is 6.33. The molecule has 0 aliphatic heterocycles. The van der Waals surface area contributed by atoms with Crippen LogP contribution in [0.25, 0.3) is 0 Å². The number of nitrogens with two attached hydrogens (primary N) is 1. The van der Waals surface area contributed by atoms with E-state index in [2.05, 4.69) is 33.9 Å². The molecule has 1 rings (SSSR count). The van der Waals surface area contributed by atoms with Crippen molar-refractivity contribution in [2.24, 2.45) is 11.7 Å². The second kappa shape index (κ2) is 14.9. The van der Waals surface area contributed by atoms with Crippen LogP contribution in [0.2, 0.25) is 0 Å². The summed E-state index contributed by atoms with van der Waals surface area (Å²) < 4.78 is 0. The Morgan fingerprint density at radius 2 is 1.53 bits per heavy atom. The standard InChI is InChI=1S/C22H33N5O6S/c1-13(2)8-16(21(32)25-11-19(29)30)27-22(33)17(9-14-6-4-3-5-7-14)26-18(28)10-24-20(31)15(23)12-34/h3-7,13,15-17,34H,8-12,23H2,1-2H3,(H,24,31)(H,25,32)(H,26,28)(H,27,33)(H,29,30)/t15-,16-,17-/m0/s1. The zero-order chi connectivity index (χ0) is 25.7. The van der Waals surface area contributed by atoms with E-state index in [0.29, 0.717) is 0 Å². The first-order valence-corrected chi connectivity index (χ1v) is 11.4. The number of aliphatic carboxylic acids is 1. The molecule has 0 aliphatic rings. The highest BCUT2D eigenvalue weighted by Gasteiger charge is 2.28. The van der Waals surface area contributed by atoms with Gasteiger partial charge in [-0.05, 0) is 17.9 Å². The number of carboxylic acids is 1. The minimum atomic E-state index is -1.21. The van der Waals surface area contributed by atoms with E-state index in [1.54, 1.807) is 24.3 Å². The first kappa shape index (κ1) is 28.9. The first-order valence-electron chi connectivity index (χ1n) is 10.8. The molecule has 3 atom stereocenters. The average Bonchev–Trinajstić information content (AvgIpc) is 2.79. The van der Waals surface area contributed by atoms with E-state index in [4.69, 9.17) is 10.8 Å². The maximum Gasteiger partial charge on any atom is 0.322 e. The number of thiol groups is 1. The maximum absolute atomic E-state index is 13.1. The SMILES string of the molecule is CC(C)C[C@H](NC(=O)[C@H](Cc1ccccc1)NC(=O)CNC(=O)[C@@H](N)CS)C(=O)NCC(=O)O. The van der Waals surface area contributed by atoms with Crippen molar-refractivity contribution >= 4 is 42.2 Å². The van der Waals surface area contributed by atoms with Crippen LogP contribution < -0.4 is 27.0 Å². The largest absolute Gasteiger partial charge is 0.480 e. The lowest BCUT2D eigenvalue weighted by Crippen LogP contribution is -2.56. The van der Waals surface area contributed by atoms with Crippen molar-refractivity contribution in [3.05, 3.63) is 35.9 Å². The number of rotatable bonds is 14. The van der Waals surface area contributed by atoms with Crippen LogP contribution in [0.4, 0.5) is 0 Å². The molecule has 11 nitrogen and oxygen atoms in total. The summed E-state index contributed by atoms with van der Waals surface area (Å²) in [4.78, 5) is 60.5. The number of benzene rings is 1. The molecular formula is C22H33N5O6S. The number of nitrogens with one attached hydrogen (secondary N) is 4. The number of carbonyl (C=O) groups is 5. The van der Waals surface area contributed by atoms with E-state index in [0.717, 1.165) is 5.56 Å². The van der Waals surface area contributed by atoms with Crippen molar-refractivity contribution in [3.8, 4) is 0 Å². The van der Waals surface area contributed by atoms with E-state index in [-0.39, 0.29) is 24.5 Å². The quantitative estimate of drug-likeness (QED) is 0.159. The van der Waals surface area contributed by atoms with E-state index in [9.17, 15) is 24.0 Å². The predicted molar refractivity (Wildman–Crippen MR) is 129 cm³/mol. The zero-order valence-electron chi connectivity index (χ0n) is 19.2. The molecule has 0 saturated heterocycles. The minimum absolute atomic E-state index is 0.0225. The molecule has 0 aromatic heterocycles. The molecule has 1 aromatic carbocycles. The topological polar surface area (TPSA) is 180 Å². The molecule has 0 saturated carbocycles. The van der Waals surface area contributed by atoms with Gasteiger partial charge in [-0.15, -0.1) is 0 Å². The molecule has 0 fully saturated rings. The Morgan fingerprint density at radius 3 is 2.09 bits per heavy atom. The van der Waals surface area contributed by atoms with Crippen molar-refractivity contribution in [2.75, 3.05) is 18.8 Å². The van der Waals surface area contributed by atoms with E-state index >= 15 is 0 Å². The van der Waals surface area contributed by atoms with Gasteiger partial charge in [0, 0.05) is 12.2 Å². The molecule has 34 heavy (non-hydrogen) atoms. The van der Waals surface area contributed by atoms with Gasteiger partial charge < -0.3 is 32.1 Å². The fourth-order valence-electron chi connectivity index (χ4n) is 2.95. The second-order valence-corrected chi connectivity index (χ2v) is 8.48. The molecule has 0 unspecified atom stereocenters. The van der Waals surface area contributed by atoms with Crippen LogP contribution >= 0.6 is 12.6 Å². The summed E-state index contributed by atoms with van der Waals surface area (Å²) in [6.07, 6.45) is 0.397. The van der Waals surface area contributed by atoms with Crippen molar-refractivity contribution in [1.82, 2.24) is 21.3 Å². The van der Waals surface area contributed by atoms with Crippen LogP contribution in [0.1, 0.15) is 25.8 Å². The van der Waals surface area contributed by atoms with Gasteiger partial charge >= 0.3 is 5.97 Å². The van der Waals surface area contributed by atoms with Gasteiger partial charge in [0.15, 0.2) is 0 Å². The van der Waals surface area contributed by atoms with Crippen LogP contribution in [0.3, 0.4) is 0 Å². The van der Waals surface area contributed by atoms with Gasteiger partial charge in [-0.3, -0.25) is 24.0 Å². The number of carbonyl (C=O) groups excluding carboxylic acids is 4. The van der Waals surface area contributed by atoms with Gasteiger partial charge in [0.05, 0.1) is 12.6 Å². The molecule has 0 heterocycles. The normalized spacial score (nSPS) is 13.3. The minimum Gasteiger partial charge on any atom is -0.480 e. The number of hydrogen-bond acceptors (Lipinski definition) is 7. The molecule has 7 N–H and O–H groups in total. The Morgan fingerprint density at radius 1 is 0.912 bits per heavy atom. The van der Waals surface area contributed by atoms with Crippen LogP contribution in [-0.2, 0) is 30.4 Å². The fourth-order valence-corrected chi connectivity index (χ4v) is 3.11. The summed E-state index contributed by atoms with van der Waals surface area (Å²) in [7, 11) is 0. The summed E-state index contributed by atoms with van der Waals surface area (Å²) in [6.45, 7) is 2.73. The third kappa shape index (κ3) is 11.1. The number of amides is 4. The first-order chi connectivity index (χ1) is 16.0. The third-order valence-corrected chi connectivity index (χ3v) is 5.04. The molecule has 188 valence electrons. The summed E-state index contributed by atoms with van der Waals surface area (Å²) in [6, 6.07) is 6.03. The van der Waals surface area contributed by atoms with E-state index in [1.807, 2.05) is 19.9 Å². The lowest BCUT2D eigenvalue weighted by atomic mass is 10.0. The summed E-state index contributed by atoms with van der Waals surface area (Å²) in [5, 5.41) is 18.6. The van der Waals surface area contributed by atoms with Gasteiger partial charge in [-0.2, -0.15) is 12.6 Å². The van der Waals surface area contributed by atoms with E-state index < -0.39 is 60.8 Å². The van der Waals surface area contributed by atoms with Crippen LogP contribution in [0.5, 0.6) is 0 Å². The molecule has 4 amide bonds. The molecule has 0 spiro atoms. The Labute approximate surface area is 204 Å². The van der Waals surface area contributed by atoms with Gasteiger partial charge in [0.25, 0.3) is 0 Å². The maximum atomic E-state index is 13.1. The third-order valence-electron chi connectivity index (χ3n) is 4.64. The average molecular weight is 496 g/mol. The van der Waals surface area contributed by atoms with Crippen molar-refractivity contribution < 1.29 is 29.1 Å². The van der Waals surface area contributed by atoms with Gasteiger partial charge in [0.1, 0.15) is 18.6 Å². The van der Waals surface area contributed by atoms with Gasteiger partial charge in [-0.25, -0.2) is 0 Å². The van der Waals surface area contributed by atoms with Crippen LogP contribution in [0.15, 0.2) is 30.3 Å². The molecular weight excluding hydrogens is 462 g/mol. The molecule has 0 bridgehead atoms. The van der Waals surface area contributed by atoms with E-state index in [1.165, 1.54) is 0 Å². The van der Waals surface area contributed by atoms with Crippen molar-refractivity contribution in [1.29, 1.82) is 0 Å². The number of carboxylic acid groups (broad SMARTS) is 1. The predicted octanol–water partition coefficient (Wildman–Crippen LogP) is -1.18. The zero-order valence-corrected chi connectivity index (χ0v) is 20.1. The summed E-state index contributed by atoms with van der Waals surface area (Å²) >= 11 is 3.93. The van der Waals surface area contributed by atoms with Gasteiger partial charge in [0.2, 0.25) is 23.6 Å². The highest BCUT2D eigenvalue weighted by Crippen LogP contribution is 2.08. The molecule has 1 aromatic rings. The Bertz CT molecular complexity index is 851. The fraction of sp³-hybridized carbons (Fsp3) is 0.500. The monoisotopic (exact) mass is 495 g/mol. The molecule has 12 heteroatoms. The lowest BCUT2D eigenvalue weighted by Gasteiger charge is -2.24. The van der Waals surface area contributed by atoms with Crippen molar-refractivity contribution in [3.63, 3.8) is 0 Å². The molecule has 0 aliphatic carbocycles. The second-order valence-electron chi connectivity index (χ2n) is 8.12. The Balaban J connectivity index is 2.94. The summed E-state index contributed by atoms with van der Waals surface area (Å²) in [5.74, 6) is -3.51.